The minimum atomic E-state index is -4.26. The number of phosphoric acid groups is 1. The Bertz CT molecular complexity index is 787. The van der Waals surface area contributed by atoms with Gasteiger partial charge in [0.25, 0.3) is 0 Å². The minimum absolute atomic E-state index is 0.0902. The van der Waals surface area contributed by atoms with Gasteiger partial charge in [0.05, 0.1) is 19.8 Å². The summed E-state index contributed by atoms with van der Waals surface area (Å²) in [5.41, 5.74) is 5.36. The molecule has 0 saturated heterocycles. The number of unbranched alkanes of at least 4 members (excludes halogenated alkanes) is 32. The zero-order chi connectivity index (χ0) is 38.8. The zero-order valence-corrected chi connectivity index (χ0v) is 36.2. The standard InChI is InChI=1S/C44H90NO7P/c1-3-5-7-9-11-13-15-16-17-18-19-20-21-22-23-24-25-26-27-28-29-31-33-35-37-44(46)52-43(42-51-53(47,48)50-40-38-45)41-49-39-36-34-32-30-14-12-10-8-6-4-2/h43H,3-42,45H2,1-2H3,(H,47,48). The number of phosphoric ester groups is 1. The van der Waals surface area contributed by atoms with Crippen molar-refractivity contribution in [1.29, 1.82) is 0 Å². The van der Waals surface area contributed by atoms with Crippen LogP contribution in [0.4, 0.5) is 0 Å². The largest absolute Gasteiger partial charge is 0.472 e. The molecule has 8 nitrogen and oxygen atoms in total. The van der Waals surface area contributed by atoms with Crippen molar-refractivity contribution in [3.63, 3.8) is 0 Å². The molecule has 0 rings (SSSR count). The number of hydrogen-bond acceptors (Lipinski definition) is 7. The maximum Gasteiger partial charge on any atom is 0.472 e. The summed E-state index contributed by atoms with van der Waals surface area (Å²) < 4.78 is 33.4. The lowest BCUT2D eigenvalue weighted by Crippen LogP contribution is -2.28. The first-order valence-electron chi connectivity index (χ1n) is 23.0. The molecular weight excluding hydrogens is 685 g/mol. The SMILES string of the molecule is CCCCCCCCCCCCCCCCCCCCCCCCCCC(=O)OC(COCCCCCCCCCCCC)COP(=O)(O)OCCN. The summed E-state index contributed by atoms with van der Waals surface area (Å²) in [4.78, 5) is 22.5. The molecule has 0 aromatic heterocycles. The van der Waals surface area contributed by atoms with Gasteiger partial charge in [0.2, 0.25) is 0 Å². The molecule has 3 N–H and O–H groups in total. The van der Waals surface area contributed by atoms with Crippen molar-refractivity contribution >= 4 is 13.8 Å². The third-order valence-corrected chi connectivity index (χ3v) is 11.3. The fourth-order valence-electron chi connectivity index (χ4n) is 6.88. The molecule has 0 aromatic rings. The Kier molecular flexibility index (Phi) is 42.2. The fraction of sp³-hybridized carbons (Fsp3) is 0.977. The Balaban J connectivity index is 3.82. The van der Waals surface area contributed by atoms with E-state index in [4.69, 9.17) is 24.3 Å². The van der Waals surface area contributed by atoms with Crippen molar-refractivity contribution in [2.24, 2.45) is 5.73 Å². The van der Waals surface area contributed by atoms with Crippen LogP contribution in [0.5, 0.6) is 0 Å². The summed E-state index contributed by atoms with van der Waals surface area (Å²) >= 11 is 0. The van der Waals surface area contributed by atoms with Crippen molar-refractivity contribution in [3.05, 3.63) is 0 Å². The molecule has 2 unspecified atom stereocenters. The minimum Gasteiger partial charge on any atom is -0.457 e. The highest BCUT2D eigenvalue weighted by Crippen LogP contribution is 2.43. The lowest BCUT2D eigenvalue weighted by Gasteiger charge is -2.20. The van der Waals surface area contributed by atoms with Crippen LogP contribution in [0.3, 0.4) is 0 Å². The fourth-order valence-corrected chi connectivity index (χ4v) is 7.65. The van der Waals surface area contributed by atoms with Crippen LogP contribution in [0, 0.1) is 0 Å². The summed E-state index contributed by atoms with van der Waals surface area (Å²) in [5.74, 6) is -0.324. The van der Waals surface area contributed by atoms with Gasteiger partial charge in [-0.2, -0.15) is 0 Å². The predicted molar refractivity (Wildman–Crippen MR) is 224 cm³/mol. The first-order chi connectivity index (χ1) is 25.9. The summed E-state index contributed by atoms with van der Waals surface area (Å²) in [5, 5.41) is 0. The van der Waals surface area contributed by atoms with E-state index >= 15 is 0 Å². The van der Waals surface area contributed by atoms with E-state index in [9.17, 15) is 14.3 Å². The highest BCUT2D eigenvalue weighted by atomic mass is 31.2. The van der Waals surface area contributed by atoms with E-state index in [1.165, 1.54) is 186 Å². The predicted octanol–water partition coefficient (Wildman–Crippen LogP) is 13.7. The van der Waals surface area contributed by atoms with E-state index in [1.807, 2.05) is 0 Å². The zero-order valence-electron chi connectivity index (χ0n) is 35.3. The number of rotatable bonds is 45. The Morgan fingerprint density at radius 2 is 0.830 bits per heavy atom. The number of ether oxygens (including phenoxy) is 2. The van der Waals surface area contributed by atoms with E-state index in [2.05, 4.69) is 13.8 Å². The van der Waals surface area contributed by atoms with Crippen LogP contribution in [-0.4, -0.2) is 49.9 Å². The van der Waals surface area contributed by atoms with Crippen LogP contribution in [0.15, 0.2) is 0 Å². The monoisotopic (exact) mass is 776 g/mol. The smallest absolute Gasteiger partial charge is 0.457 e. The lowest BCUT2D eigenvalue weighted by atomic mass is 10.0. The number of nitrogens with two attached hydrogens (primary N) is 1. The van der Waals surface area contributed by atoms with Gasteiger partial charge in [-0.1, -0.05) is 219 Å². The maximum atomic E-state index is 12.6. The van der Waals surface area contributed by atoms with Gasteiger partial charge in [-0.3, -0.25) is 13.8 Å². The first kappa shape index (κ1) is 52.5. The van der Waals surface area contributed by atoms with Crippen molar-refractivity contribution in [1.82, 2.24) is 0 Å². The van der Waals surface area contributed by atoms with Crippen LogP contribution >= 0.6 is 7.82 Å². The molecule has 0 fully saturated rings. The van der Waals surface area contributed by atoms with E-state index < -0.39 is 13.9 Å². The quantitative estimate of drug-likeness (QED) is 0.0357. The van der Waals surface area contributed by atoms with Gasteiger partial charge in [-0.05, 0) is 12.8 Å². The second kappa shape index (κ2) is 42.6. The summed E-state index contributed by atoms with van der Waals surface area (Å²) in [6.07, 6.45) is 44.2. The Morgan fingerprint density at radius 1 is 0.491 bits per heavy atom. The molecule has 2 atom stereocenters. The van der Waals surface area contributed by atoms with E-state index in [1.54, 1.807) is 0 Å². The molecule has 0 radical (unpaired) electrons. The Morgan fingerprint density at radius 3 is 1.19 bits per heavy atom. The van der Waals surface area contributed by atoms with Gasteiger partial charge in [0.1, 0.15) is 6.10 Å². The molecule has 318 valence electrons. The average Bonchev–Trinajstić information content (AvgIpc) is 3.15. The van der Waals surface area contributed by atoms with Crippen LogP contribution in [-0.2, 0) is 27.9 Å². The molecule has 0 aliphatic rings. The topological polar surface area (TPSA) is 117 Å². The molecule has 0 spiro atoms. The molecule has 0 aliphatic heterocycles. The Labute approximate surface area is 329 Å². The van der Waals surface area contributed by atoms with E-state index in [0.29, 0.717) is 13.0 Å². The van der Waals surface area contributed by atoms with E-state index in [-0.39, 0.29) is 32.3 Å². The highest BCUT2D eigenvalue weighted by Gasteiger charge is 2.25. The van der Waals surface area contributed by atoms with Crippen LogP contribution < -0.4 is 5.73 Å². The molecule has 0 heterocycles. The lowest BCUT2D eigenvalue weighted by molar-refractivity contribution is -0.154. The van der Waals surface area contributed by atoms with Crippen molar-refractivity contribution in [2.45, 2.75) is 245 Å². The average molecular weight is 776 g/mol. The third kappa shape index (κ3) is 42.5. The third-order valence-electron chi connectivity index (χ3n) is 10.3. The van der Waals surface area contributed by atoms with Crippen LogP contribution in [0.25, 0.3) is 0 Å². The maximum absolute atomic E-state index is 12.6. The second-order valence-corrected chi connectivity index (χ2v) is 17.1. The van der Waals surface area contributed by atoms with Gasteiger partial charge in [-0.25, -0.2) is 4.57 Å². The molecule has 0 saturated carbocycles. The second-order valence-electron chi connectivity index (χ2n) is 15.6. The molecule has 0 amide bonds. The van der Waals surface area contributed by atoms with Gasteiger partial charge < -0.3 is 20.1 Å². The summed E-state index contributed by atoms with van der Waals surface area (Å²) in [6, 6.07) is 0. The normalized spacial score (nSPS) is 13.4. The molecule has 53 heavy (non-hydrogen) atoms. The molecule has 0 aromatic carbocycles. The van der Waals surface area contributed by atoms with Gasteiger partial charge in [0.15, 0.2) is 0 Å². The van der Waals surface area contributed by atoms with E-state index in [0.717, 1.165) is 32.1 Å². The van der Waals surface area contributed by atoms with Crippen molar-refractivity contribution in [2.75, 3.05) is 33.0 Å². The van der Waals surface area contributed by atoms with Crippen molar-refractivity contribution in [3.8, 4) is 0 Å². The molecular formula is C44H90NO7P. The number of esters is 1. The highest BCUT2D eigenvalue weighted by molar-refractivity contribution is 7.47. The number of carbonyl (C=O) groups is 1. The van der Waals surface area contributed by atoms with Crippen LogP contribution in [0.1, 0.15) is 239 Å². The van der Waals surface area contributed by atoms with Crippen LogP contribution in [0.2, 0.25) is 0 Å². The Hall–Kier alpha value is -0.500. The molecule has 0 aliphatic carbocycles. The first-order valence-corrected chi connectivity index (χ1v) is 24.5. The van der Waals surface area contributed by atoms with Gasteiger partial charge >= 0.3 is 13.8 Å². The number of carbonyl (C=O) groups excluding carboxylic acids is 1. The van der Waals surface area contributed by atoms with Gasteiger partial charge in [0, 0.05) is 19.6 Å². The number of hydrogen-bond donors (Lipinski definition) is 2. The summed E-state index contributed by atoms with van der Waals surface area (Å²) in [6.45, 7) is 4.97. The van der Waals surface area contributed by atoms with Crippen molar-refractivity contribution < 1.29 is 32.8 Å². The molecule has 9 heteroatoms. The van der Waals surface area contributed by atoms with Gasteiger partial charge in [-0.15, -0.1) is 0 Å². The summed E-state index contributed by atoms with van der Waals surface area (Å²) in [7, 11) is -4.26. The molecule has 0 bridgehead atoms.